The maximum Gasteiger partial charge on any atom is 0.0588 e. The molecule has 0 aliphatic carbocycles. The average Bonchev–Trinajstić information content (AvgIpc) is 1.28. The third kappa shape index (κ3) is 10.0. The molecule has 0 amide bonds. The van der Waals surface area contributed by atoms with Gasteiger partial charge < -0.3 is 0 Å². The molecule has 90 heavy (non-hydrogen) atoms. The summed E-state index contributed by atoms with van der Waals surface area (Å²) < 4.78 is 0. The van der Waals surface area contributed by atoms with Crippen molar-refractivity contribution in [1.82, 2.24) is 0 Å². The second-order valence-corrected chi connectivity index (χ2v) is 21.7. The van der Waals surface area contributed by atoms with Crippen LogP contribution < -0.4 is 0 Å². The summed E-state index contributed by atoms with van der Waals surface area (Å²) in [5.74, 6) is 0. The fourth-order valence-electron chi connectivity index (χ4n) is 11.6. The van der Waals surface area contributed by atoms with E-state index in [2.05, 4.69) is 291 Å². The fraction of sp³-hybridized carbons (Fsp3) is 0. The molecule has 396 valence electrons. The van der Waals surface area contributed by atoms with E-state index in [1.165, 1.54) is 0 Å². The van der Waals surface area contributed by atoms with Crippen LogP contribution in [0.2, 0.25) is 0 Å². The molecule has 16 rings (SSSR count). The maximum absolute atomic E-state index is 3.75. The lowest BCUT2D eigenvalue weighted by Gasteiger charge is -2.00. The molecule has 0 spiro atoms. The smallest absolute Gasteiger partial charge is 0.0588 e. The first-order valence-electron chi connectivity index (χ1n) is 29.1. The van der Waals surface area contributed by atoms with Gasteiger partial charge in [-0.15, -0.1) is 0 Å². The molecule has 0 radical (unpaired) electrons. The number of benzene rings is 13. The zero-order chi connectivity index (χ0) is 59.7. The standard InChI is InChI=1S/C90H36/c1-7-25-67-55-79-37-43-85-86(44-38-80-56-68-26-8-2-20-62(68)50-74(80)32-14-13-31-73(79)49-61(67)19-1)88-46-40-82-58-70-28-10-4-23-65(70)53-77(82)35-17-18-36-78-54-66-24-6-12-30-72(66)60-84(78)42-48-90(88)89-47-41-83-59-71-29-11-5-22-64(71)52-76(83)34-16-15-33-75-51-63-21-3-9-27-69(63)57-81(75)39-45-87(85)89/h1-12,19-30,49-60H. The number of hydrogen-bond acceptors (Lipinski definition) is 0. The Morgan fingerprint density at radius 1 is 0.122 bits per heavy atom. The number of rotatable bonds is 0. The molecule has 0 heteroatoms. The van der Waals surface area contributed by atoms with Crippen LogP contribution in [-0.2, 0) is 0 Å². The third-order valence-electron chi connectivity index (χ3n) is 16.1. The SMILES string of the molecule is c1c#cc2cc3ccccc3cc2c#cc2c(c#cc3cc4ccccc4cc3c#1)c1c#cc3cc4ccccc4cc3c#cc#cc3cc4ccccc4cc3c#cc1c1c#cc3cc4ccccc4cc3c#cc#cc3cc4ccccc4cc3c#cc21. The molecule has 0 bridgehead atoms. The molecule has 0 aromatic heterocycles. The lowest BCUT2D eigenvalue weighted by molar-refractivity contribution is 1.79. The van der Waals surface area contributed by atoms with Gasteiger partial charge in [-0.05, 0) is 174 Å². The zero-order valence-electron chi connectivity index (χ0n) is 47.8. The van der Waals surface area contributed by atoms with Crippen molar-refractivity contribution in [2.45, 2.75) is 0 Å². The highest BCUT2D eigenvalue weighted by atomic mass is 14.1. The lowest BCUT2D eigenvalue weighted by Crippen LogP contribution is -1.77. The predicted molar refractivity (Wildman–Crippen MR) is 367 cm³/mol. The number of hydrogen-bond donors (Lipinski definition) is 0. The molecule has 0 heterocycles. The Kier molecular flexibility index (Phi) is 12.8. The molecule has 0 atom stereocenters. The Morgan fingerprint density at radius 2 is 0.233 bits per heavy atom. The topological polar surface area (TPSA) is 0 Å². The van der Waals surface area contributed by atoms with Crippen LogP contribution in [0.15, 0.2) is 218 Å². The summed E-state index contributed by atoms with van der Waals surface area (Å²) in [5.41, 5.74) is 0. The highest BCUT2D eigenvalue weighted by Crippen LogP contribution is 2.31. The molecule has 0 saturated heterocycles. The van der Waals surface area contributed by atoms with Gasteiger partial charge in [0.1, 0.15) is 0 Å². The Bertz CT molecular complexity index is 5110. The first-order valence-corrected chi connectivity index (χ1v) is 29.1. The second-order valence-electron chi connectivity index (χ2n) is 21.7. The monoisotopic (exact) mass is 1120 g/mol. The van der Waals surface area contributed by atoms with E-state index in [0.717, 1.165) is 64.6 Å². The van der Waals surface area contributed by atoms with Gasteiger partial charge in [0.15, 0.2) is 0 Å². The van der Waals surface area contributed by atoms with Gasteiger partial charge in [-0.1, -0.05) is 255 Å². The molecule has 0 aliphatic heterocycles. The average molecular weight is 1120 g/mol. The van der Waals surface area contributed by atoms with Crippen molar-refractivity contribution in [1.29, 1.82) is 0 Å². The van der Waals surface area contributed by atoms with Crippen molar-refractivity contribution < 1.29 is 0 Å². The Labute approximate surface area is 522 Å². The highest BCUT2D eigenvalue weighted by molar-refractivity contribution is 6.23. The minimum absolute atomic E-state index is 0.502. The molecule has 0 saturated carbocycles. The summed E-state index contributed by atoms with van der Waals surface area (Å²) in [6.45, 7) is 0. The van der Waals surface area contributed by atoms with Crippen molar-refractivity contribution in [3.8, 4) is 0 Å². The second kappa shape index (κ2) is 22.3. The van der Waals surface area contributed by atoms with Gasteiger partial charge in [0, 0.05) is 64.6 Å². The van der Waals surface area contributed by atoms with Gasteiger partial charge in [-0.25, -0.2) is 0 Å². The van der Waals surface area contributed by atoms with Gasteiger partial charge >= 0.3 is 0 Å². The van der Waals surface area contributed by atoms with Crippen LogP contribution in [0.25, 0.3) is 162 Å². The molecule has 0 aliphatic rings. The molecule has 0 nitrogen and oxygen atoms in total. The molecule has 0 N–H and O–H groups in total. The van der Waals surface area contributed by atoms with Crippen LogP contribution in [-0.4, -0.2) is 0 Å². The molecular weight excluding hydrogens is 1080 g/mol. The van der Waals surface area contributed by atoms with Crippen LogP contribution in [0.5, 0.6) is 0 Å². The summed E-state index contributed by atoms with van der Waals surface area (Å²) in [7, 11) is 0. The quantitative estimate of drug-likeness (QED) is 0.142. The lowest BCUT2D eigenvalue weighted by atomic mass is 9.99. The van der Waals surface area contributed by atoms with Crippen molar-refractivity contribution in [3.63, 3.8) is 0 Å². The van der Waals surface area contributed by atoms with E-state index in [-0.39, 0.29) is 0 Å². The van der Waals surface area contributed by atoms with Crippen LogP contribution in [0.3, 0.4) is 0 Å². The molecule has 16 aromatic carbocycles. The van der Waals surface area contributed by atoms with Crippen molar-refractivity contribution in [3.05, 3.63) is 364 Å². The Morgan fingerprint density at radius 3 is 0.356 bits per heavy atom. The van der Waals surface area contributed by atoms with Crippen LogP contribution in [0, 0.1) is 146 Å². The number of fused-ring (bicyclic) bond motifs is 18. The van der Waals surface area contributed by atoms with E-state index in [0.29, 0.717) is 97.0 Å². The summed E-state index contributed by atoms with van der Waals surface area (Å²) in [6, 6.07) is 158. The van der Waals surface area contributed by atoms with Gasteiger partial charge in [0.25, 0.3) is 0 Å². The van der Waals surface area contributed by atoms with E-state index in [4.69, 9.17) is 0 Å². The van der Waals surface area contributed by atoms with Crippen LogP contribution in [0.1, 0.15) is 0 Å². The van der Waals surface area contributed by atoms with Crippen molar-refractivity contribution in [2.75, 3.05) is 0 Å². The minimum atomic E-state index is 0.502. The summed E-state index contributed by atoms with van der Waals surface area (Å²) >= 11 is 0. The zero-order valence-corrected chi connectivity index (χ0v) is 47.8. The summed E-state index contributed by atoms with van der Waals surface area (Å²) in [5, 5.41) is 23.6. The summed E-state index contributed by atoms with van der Waals surface area (Å²) in [4.78, 5) is 0. The van der Waals surface area contributed by atoms with E-state index in [1.807, 2.05) is 72.8 Å². The van der Waals surface area contributed by atoms with E-state index < -0.39 is 0 Å². The highest BCUT2D eigenvalue weighted by Gasteiger charge is 2.09. The maximum atomic E-state index is 3.75. The van der Waals surface area contributed by atoms with E-state index >= 15 is 0 Å². The Balaban J connectivity index is 1.22. The first kappa shape index (κ1) is 51.8. The van der Waals surface area contributed by atoms with Gasteiger partial charge in [0.2, 0.25) is 0 Å². The third-order valence-corrected chi connectivity index (χ3v) is 16.1. The first-order chi connectivity index (χ1) is 44.5. The largest absolute Gasteiger partial charge is 0.0616 e. The normalized spacial score (nSPS) is 10.3. The molecule has 0 unspecified atom stereocenters. The van der Waals surface area contributed by atoms with E-state index in [9.17, 15) is 0 Å². The minimum Gasteiger partial charge on any atom is -0.0616 e. The van der Waals surface area contributed by atoms with Crippen LogP contribution >= 0.6 is 0 Å². The van der Waals surface area contributed by atoms with E-state index in [1.54, 1.807) is 0 Å². The predicted octanol–water partition coefficient (Wildman–Crippen LogP) is 20.9. The Hall–Kier alpha value is -13.9. The van der Waals surface area contributed by atoms with Gasteiger partial charge in [-0.3, -0.25) is 0 Å². The van der Waals surface area contributed by atoms with Crippen molar-refractivity contribution >= 4 is 162 Å². The van der Waals surface area contributed by atoms with Crippen LogP contribution in [0.4, 0.5) is 0 Å². The fourth-order valence-corrected chi connectivity index (χ4v) is 11.6. The summed E-state index contributed by atoms with van der Waals surface area (Å²) in [6.07, 6.45) is 0. The molecule has 16 aromatic rings. The molecular formula is C90H36. The van der Waals surface area contributed by atoms with Gasteiger partial charge in [0.05, 0.1) is 32.3 Å². The van der Waals surface area contributed by atoms with Crippen molar-refractivity contribution in [2.24, 2.45) is 0 Å². The van der Waals surface area contributed by atoms with Gasteiger partial charge in [-0.2, -0.15) is 0 Å². The molecule has 0 fully saturated rings.